The van der Waals surface area contributed by atoms with Gasteiger partial charge in [0.2, 0.25) is 0 Å². The number of amides is 1. The molecular formula is C27H33N5O3S. The van der Waals surface area contributed by atoms with Crippen LogP contribution in [0.5, 0.6) is 0 Å². The third kappa shape index (κ3) is 4.58. The number of carbonyl (C=O) groups excluding carboxylic acids is 1. The van der Waals surface area contributed by atoms with E-state index in [0.717, 1.165) is 24.3 Å². The van der Waals surface area contributed by atoms with Crippen molar-refractivity contribution >= 4 is 22.0 Å². The Hall–Kier alpha value is -3.01. The monoisotopic (exact) mass is 507 g/mol. The van der Waals surface area contributed by atoms with Crippen LogP contribution in [0.25, 0.3) is 0 Å². The van der Waals surface area contributed by atoms with Crippen molar-refractivity contribution in [3.8, 4) is 0 Å². The Balaban J connectivity index is 1.35. The maximum atomic E-state index is 13.6. The smallest absolute Gasteiger partial charge is 0.254 e. The standard InChI is InChI=1S/C27H33N5O3S/c1-20(2)21-9-11-25(12-10-21)36(34,35)32-16-23(14-28-26(33)22-13-29-30(3)15-22)27(19-32)17-31(18-27)24-7-5-4-6-8-24/h4-13,15,20,23H,14,16-19H2,1-3H3,(H-,28,33,34,35). The fourth-order valence-corrected chi connectivity index (χ4v) is 6.95. The van der Waals surface area contributed by atoms with Gasteiger partial charge in [0.15, 0.2) is 15.3 Å². The summed E-state index contributed by atoms with van der Waals surface area (Å²) in [7, 11) is -1.87. The molecule has 0 aliphatic carbocycles. The molecule has 0 radical (unpaired) electrons. The molecule has 190 valence electrons. The number of hydrogen-bond donors (Lipinski definition) is 1. The highest BCUT2D eigenvalue weighted by molar-refractivity contribution is 7.95. The van der Waals surface area contributed by atoms with E-state index in [4.69, 9.17) is 0 Å². The summed E-state index contributed by atoms with van der Waals surface area (Å²) in [6, 6.07) is 17.4. The first-order chi connectivity index (χ1) is 17.2. The SMILES string of the molecule is CC(C)c1ccc([S+](=O)([O-])N2CC(CNC(=O)c3cnn(C)c3)C3(CN(c4ccccc4)C3)C2)cc1. The Morgan fingerprint density at radius 1 is 1.14 bits per heavy atom. The molecule has 2 fully saturated rings. The second-order valence-corrected chi connectivity index (χ2v) is 12.3. The number of hydrogen-bond acceptors (Lipinski definition) is 5. The van der Waals surface area contributed by atoms with Crippen LogP contribution >= 0.6 is 0 Å². The van der Waals surface area contributed by atoms with E-state index in [1.807, 2.05) is 30.3 Å². The van der Waals surface area contributed by atoms with Gasteiger partial charge >= 0.3 is 0 Å². The van der Waals surface area contributed by atoms with Crippen molar-refractivity contribution in [2.75, 3.05) is 37.6 Å². The molecule has 2 aromatic carbocycles. The van der Waals surface area contributed by atoms with E-state index in [0.29, 0.717) is 36.0 Å². The van der Waals surface area contributed by atoms with Gasteiger partial charge in [-0.3, -0.25) is 9.48 Å². The molecule has 3 aromatic rings. The molecule has 3 heterocycles. The molecule has 1 aromatic heterocycles. The van der Waals surface area contributed by atoms with Gasteiger partial charge in [-0.25, -0.2) is 0 Å². The highest BCUT2D eigenvalue weighted by Gasteiger charge is 2.58. The Kier molecular flexibility index (Phi) is 6.48. The van der Waals surface area contributed by atoms with Gasteiger partial charge in [-0.15, -0.1) is 4.31 Å². The molecule has 5 rings (SSSR count). The number of carbonyl (C=O) groups is 1. The van der Waals surface area contributed by atoms with Gasteiger partial charge in [0.25, 0.3) is 5.91 Å². The van der Waals surface area contributed by atoms with Gasteiger partial charge in [0, 0.05) is 56.4 Å². The van der Waals surface area contributed by atoms with Crippen LogP contribution in [0.15, 0.2) is 71.9 Å². The summed E-state index contributed by atoms with van der Waals surface area (Å²) in [4.78, 5) is 15.3. The minimum atomic E-state index is -3.64. The number of benzene rings is 2. The quantitative estimate of drug-likeness (QED) is 0.495. The van der Waals surface area contributed by atoms with Crippen molar-refractivity contribution in [2.24, 2.45) is 18.4 Å². The molecule has 2 saturated heterocycles. The lowest BCUT2D eigenvalue weighted by molar-refractivity contribution is 0.0923. The van der Waals surface area contributed by atoms with Crippen molar-refractivity contribution in [1.82, 2.24) is 19.4 Å². The van der Waals surface area contributed by atoms with E-state index in [9.17, 15) is 13.6 Å². The van der Waals surface area contributed by atoms with E-state index >= 15 is 0 Å². The van der Waals surface area contributed by atoms with Crippen molar-refractivity contribution in [3.63, 3.8) is 0 Å². The minimum absolute atomic E-state index is 0.00259. The van der Waals surface area contributed by atoms with Crippen LogP contribution in [-0.2, 0) is 21.7 Å². The zero-order valence-corrected chi connectivity index (χ0v) is 21.8. The lowest BCUT2D eigenvalue weighted by Gasteiger charge is -2.52. The van der Waals surface area contributed by atoms with Crippen LogP contribution < -0.4 is 10.2 Å². The van der Waals surface area contributed by atoms with Crippen LogP contribution in [0.2, 0.25) is 0 Å². The summed E-state index contributed by atoms with van der Waals surface area (Å²) >= 11 is 0. The predicted octanol–water partition coefficient (Wildman–Crippen LogP) is 3.32. The van der Waals surface area contributed by atoms with Crippen LogP contribution in [0, 0.1) is 11.3 Å². The first-order valence-electron chi connectivity index (χ1n) is 12.3. The predicted molar refractivity (Wildman–Crippen MR) is 139 cm³/mol. The van der Waals surface area contributed by atoms with Gasteiger partial charge in [-0.2, -0.15) is 5.10 Å². The third-order valence-corrected chi connectivity index (χ3v) is 9.40. The molecule has 8 nitrogen and oxygen atoms in total. The van der Waals surface area contributed by atoms with Gasteiger partial charge in [0.1, 0.15) is 0 Å². The number of rotatable bonds is 7. The lowest BCUT2D eigenvalue weighted by Crippen LogP contribution is -2.62. The number of sulfonamides is 1. The fourth-order valence-electron chi connectivity index (χ4n) is 5.37. The molecule has 9 heteroatoms. The Labute approximate surface area is 213 Å². The van der Waals surface area contributed by atoms with E-state index in [1.165, 1.54) is 6.20 Å². The molecule has 2 unspecified atom stereocenters. The Bertz CT molecular complexity index is 1270. The van der Waals surface area contributed by atoms with E-state index in [-0.39, 0.29) is 17.2 Å². The molecule has 2 aliphatic heterocycles. The average molecular weight is 508 g/mol. The molecule has 36 heavy (non-hydrogen) atoms. The molecule has 0 saturated carbocycles. The molecule has 1 amide bonds. The van der Waals surface area contributed by atoms with Crippen molar-refractivity contribution in [2.45, 2.75) is 24.7 Å². The second kappa shape index (κ2) is 9.46. The zero-order chi connectivity index (χ0) is 25.5. The zero-order valence-electron chi connectivity index (χ0n) is 21.0. The molecule has 1 spiro atoms. The van der Waals surface area contributed by atoms with Gasteiger partial charge in [-0.05, 0) is 35.7 Å². The van der Waals surface area contributed by atoms with Gasteiger partial charge in [-0.1, -0.05) is 48.4 Å². The minimum Gasteiger partial charge on any atom is -0.593 e. The number of para-hydroxylation sites is 1. The summed E-state index contributed by atoms with van der Waals surface area (Å²) < 4.78 is 30.4. The summed E-state index contributed by atoms with van der Waals surface area (Å²) in [6.45, 7) is 6.92. The van der Waals surface area contributed by atoms with E-state index in [1.54, 1.807) is 34.4 Å². The van der Waals surface area contributed by atoms with Crippen LogP contribution in [-0.4, -0.2) is 57.3 Å². The average Bonchev–Trinajstić information content (AvgIpc) is 3.46. The fraction of sp³-hybridized carbons (Fsp3) is 0.407. The first-order valence-corrected chi connectivity index (χ1v) is 13.8. The molecule has 2 aliphatic rings. The molecule has 2 atom stereocenters. The molecule has 1 N–H and O–H groups in total. The Morgan fingerprint density at radius 3 is 2.44 bits per heavy atom. The third-order valence-electron chi connectivity index (χ3n) is 7.57. The van der Waals surface area contributed by atoms with E-state index < -0.39 is 10.4 Å². The van der Waals surface area contributed by atoms with Crippen molar-refractivity contribution < 1.29 is 13.6 Å². The molecule has 0 bridgehead atoms. The van der Waals surface area contributed by atoms with E-state index in [2.05, 4.69) is 41.3 Å². The summed E-state index contributed by atoms with van der Waals surface area (Å²) in [5.74, 6) is 0.148. The first kappa shape index (κ1) is 24.7. The summed E-state index contributed by atoms with van der Waals surface area (Å²) in [6.07, 6.45) is 3.22. The highest BCUT2D eigenvalue weighted by Crippen LogP contribution is 2.47. The normalized spacial score (nSPS) is 20.9. The van der Waals surface area contributed by atoms with Gasteiger partial charge in [0.05, 0.1) is 18.3 Å². The van der Waals surface area contributed by atoms with Crippen molar-refractivity contribution in [1.29, 1.82) is 0 Å². The van der Waals surface area contributed by atoms with Crippen LogP contribution in [0.1, 0.15) is 35.7 Å². The number of nitrogens with one attached hydrogen (secondary N) is 1. The highest BCUT2D eigenvalue weighted by atomic mass is 32.3. The van der Waals surface area contributed by atoms with Crippen LogP contribution in [0.4, 0.5) is 5.69 Å². The number of anilines is 1. The van der Waals surface area contributed by atoms with Crippen LogP contribution in [0.3, 0.4) is 0 Å². The summed E-state index contributed by atoms with van der Waals surface area (Å²) in [5, 5.41) is 7.11. The topological polar surface area (TPSA) is 93.5 Å². The molecular weight excluding hydrogens is 474 g/mol. The lowest BCUT2D eigenvalue weighted by atomic mass is 9.71. The number of aromatic nitrogens is 2. The number of aryl methyl sites for hydroxylation is 1. The summed E-state index contributed by atoms with van der Waals surface area (Å²) in [5.41, 5.74) is 2.52. The maximum Gasteiger partial charge on any atom is 0.254 e. The second-order valence-electron chi connectivity index (χ2n) is 10.4. The maximum absolute atomic E-state index is 13.6. The largest absolute Gasteiger partial charge is 0.593 e. The van der Waals surface area contributed by atoms with Crippen molar-refractivity contribution in [3.05, 3.63) is 78.1 Å². The number of nitrogens with zero attached hydrogens (tertiary/aromatic N) is 4. The Morgan fingerprint density at radius 2 is 1.83 bits per heavy atom. The van der Waals surface area contributed by atoms with Gasteiger partial charge < -0.3 is 14.8 Å².